The summed E-state index contributed by atoms with van der Waals surface area (Å²) in [6, 6.07) is 9.43. The van der Waals surface area contributed by atoms with Crippen molar-refractivity contribution in [3.05, 3.63) is 35.9 Å². The van der Waals surface area contributed by atoms with E-state index >= 15 is 0 Å². The van der Waals surface area contributed by atoms with Gasteiger partial charge in [0.25, 0.3) is 6.01 Å². The van der Waals surface area contributed by atoms with E-state index in [-0.39, 0.29) is 23.6 Å². The number of benzene rings is 1. The number of anilines is 1. The number of imidazole rings is 1. The van der Waals surface area contributed by atoms with E-state index in [1.807, 2.05) is 30.3 Å². The summed E-state index contributed by atoms with van der Waals surface area (Å²) in [6.45, 7) is 2.45. The van der Waals surface area contributed by atoms with Gasteiger partial charge in [-0.2, -0.15) is 4.98 Å². The first-order valence-electron chi connectivity index (χ1n) is 7.63. The number of rotatable bonds is 6. The Balaban J connectivity index is 1.92. The van der Waals surface area contributed by atoms with E-state index in [1.54, 1.807) is 11.5 Å². The van der Waals surface area contributed by atoms with Crippen molar-refractivity contribution in [2.24, 2.45) is 0 Å². The molecule has 0 aliphatic heterocycles. The maximum atomic E-state index is 11.5. The van der Waals surface area contributed by atoms with Crippen LogP contribution in [-0.2, 0) is 16.1 Å². The fraction of sp³-hybridized carbons (Fsp3) is 0.250. The molecule has 0 unspecified atom stereocenters. The smallest absolute Gasteiger partial charge is 0.316 e. The van der Waals surface area contributed by atoms with Crippen molar-refractivity contribution in [2.45, 2.75) is 18.6 Å². The predicted molar refractivity (Wildman–Crippen MR) is 94.3 cm³/mol. The van der Waals surface area contributed by atoms with Crippen LogP contribution in [-0.4, -0.2) is 43.0 Å². The van der Waals surface area contributed by atoms with Crippen molar-refractivity contribution >= 4 is 34.7 Å². The molecule has 1 aromatic carbocycles. The molecular formula is C16H17N5O3S. The second-order valence-corrected chi connectivity index (χ2v) is 6.08. The lowest BCUT2D eigenvalue weighted by Crippen LogP contribution is -2.08. The standard InChI is InChI=1S/C16H17N5O3S/c1-2-24-11(22)9-25-15-19-13(17)12-14(20-15)21(16(23)18-12)8-10-6-4-3-5-7-10/h3-7H,2,8-9H2,1H3,(H,18,23)(H2,17,19,20). The number of aromatic nitrogens is 4. The van der Waals surface area contributed by atoms with Crippen LogP contribution in [0.2, 0.25) is 0 Å². The third kappa shape index (κ3) is 3.82. The largest absolute Gasteiger partial charge is 0.480 e. The molecule has 0 radical (unpaired) electrons. The van der Waals surface area contributed by atoms with Crippen molar-refractivity contribution < 1.29 is 14.6 Å². The number of carbonyl (C=O) groups is 1. The fourth-order valence-corrected chi connectivity index (χ4v) is 2.94. The molecule has 9 heteroatoms. The van der Waals surface area contributed by atoms with Crippen LogP contribution in [0.15, 0.2) is 35.5 Å². The van der Waals surface area contributed by atoms with Crippen LogP contribution >= 0.6 is 11.8 Å². The molecule has 0 saturated carbocycles. The normalized spacial score (nSPS) is 10.9. The number of ether oxygens (including phenoxy) is 1. The van der Waals surface area contributed by atoms with Gasteiger partial charge in [0, 0.05) is 0 Å². The minimum absolute atomic E-state index is 0.0809. The van der Waals surface area contributed by atoms with Gasteiger partial charge in [-0.1, -0.05) is 42.1 Å². The number of hydrogen-bond acceptors (Lipinski definition) is 8. The highest BCUT2D eigenvalue weighted by atomic mass is 32.2. The van der Waals surface area contributed by atoms with Crippen molar-refractivity contribution in [2.75, 3.05) is 18.1 Å². The quantitative estimate of drug-likeness (QED) is 0.389. The molecule has 0 amide bonds. The lowest BCUT2D eigenvalue weighted by molar-refractivity contribution is -0.139. The number of aromatic hydroxyl groups is 1. The topological polar surface area (TPSA) is 116 Å². The lowest BCUT2D eigenvalue weighted by Gasteiger charge is -2.06. The fourth-order valence-electron chi connectivity index (χ4n) is 2.29. The summed E-state index contributed by atoms with van der Waals surface area (Å²) in [5.74, 6) is -0.119. The molecule has 0 fully saturated rings. The first-order chi connectivity index (χ1) is 12.1. The van der Waals surface area contributed by atoms with Crippen LogP contribution in [0.1, 0.15) is 12.5 Å². The van der Waals surface area contributed by atoms with Crippen LogP contribution in [0, 0.1) is 0 Å². The lowest BCUT2D eigenvalue weighted by atomic mass is 10.2. The second kappa shape index (κ2) is 7.39. The van der Waals surface area contributed by atoms with Crippen LogP contribution in [0.5, 0.6) is 6.01 Å². The molecule has 0 aliphatic carbocycles. The molecule has 3 rings (SSSR count). The molecular weight excluding hydrogens is 342 g/mol. The Labute approximate surface area is 148 Å². The van der Waals surface area contributed by atoms with Crippen molar-refractivity contribution in [3.63, 3.8) is 0 Å². The summed E-state index contributed by atoms with van der Waals surface area (Å²) in [5, 5.41) is 10.5. The van der Waals surface area contributed by atoms with E-state index in [9.17, 15) is 9.90 Å². The van der Waals surface area contributed by atoms with Gasteiger partial charge < -0.3 is 15.6 Å². The molecule has 2 aromatic heterocycles. The Bertz CT molecular complexity index is 898. The number of nitrogens with two attached hydrogens (primary N) is 1. The number of nitrogens with zero attached hydrogens (tertiary/aromatic N) is 4. The first-order valence-corrected chi connectivity index (χ1v) is 8.62. The number of carbonyl (C=O) groups excluding carboxylic acids is 1. The molecule has 25 heavy (non-hydrogen) atoms. The Kier molecular flexibility index (Phi) is 5.03. The second-order valence-electron chi connectivity index (χ2n) is 5.14. The minimum atomic E-state index is -0.351. The van der Waals surface area contributed by atoms with E-state index in [4.69, 9.17) is 10.5 Å². The van der Waals surface area contributed by atoms with Gasteiger partial charge in [-0.05, 0) is 12.5 Å². The third-order valence-electron chi connectivity index (χ3n) is 3.39. The highest BCUT2D eigenvalue weighted by Gasteiger charge is 2.17. The molecule has 3 N–H and O–H groups in total. The molecule has 8 nitrogen and oxygen atoms in total. The number of fused-ring (bicyclic) bond motifs is 1. The highest BCUT2D eigenvalue weighted by molar-refractivity contribution is 7.99. The molecule has 0 atom stereocenters. The van der Waals surface area contributed by atoms with Gasteiger partial charge in [-0.15, -0.1) is 0 Å². The van der Waals surface area contributed by atoms with E-state index in [0.717, 1.165) is 17.3 Å². The van der Waals surface area contributed by atoms with Crippen molar-refractivity contribution in [1.29, 1.82) is 0 Å². The summed E-state index contributed by atoms with van der Waals surface area (Å²) in [4.78, 5) is 24.1. The van der Waals surface area contributed by atoms with Crippen LogP contribution in [0.25, 0.3) is 11.2 Å². The minimum Gasteiger partial charge on any atom is -0.480 e. The Morgan fingerprint density at radius 3 is 2.76 bits per heavy atom. The molecule has 2 heterocycles. The van der Waals surface area contributed by atoms with Crippen molar-refractivity contribution in [3.8, 4) is 6.01 Å². The summed E-state index contributed by atoms with van der Waals surface area (Å²) >= 11 is 1.12. The first kappa shape index (κ1) is 17.0. The summed E-state index contributed by atoms with van der Waals surface area (Å²) in [7, 11) is 0. The Hall–Kier alpha value is -2.81. The van der Waals surface area contributed by atoms with Gasteiger partial charge in [-0.25, -0.2) is 9.97 Å². The molecule has 0 bridgehead atoms. The Morgan fingerprint density at radius 2 is 2.04 bits per heavy atom. The Morgan fingerprint density at radius 1 is 1.28 bits per heavy atom. The van der Waals surface area contributed by atoms with E-state index in [2.05, 4.69) is 15.0 Å². The average Bonchev–Trinajstić information content (AvgIpc) is 2.91. The zero-order valence-electron chi connectivity index (χ0n) is 13.5. The highest BCUT2D eigenvalue weighted by Crippen LogP contribution is 2.26. The van der Waals surface area contributed by atoms with Gasteiger partial charge in [0.05, 0.1) is 18.9 Å². The summed E-state index contributed by atoms with van der Waals surface area (Å²) in [6.07, 6.45) is 0. The van der Waals surface area contributed by atoms with Crippen LogP contribution < -0.4 is 5.73 Å². The SMILES string of the molecule is CCOC(=O)CSc1nc(N)c2nc(O)n(Cc3ccccc3)c2n1. The number of nitrogen functional groups attached to an aromatic ring is 1. The molecule has 3 aromatic rings. The summed E-state index contributed by atoms with van der Waals surface area (Å²) < 4.78 is 6.44. The number of esters is 1. The van der Waals surface area contributed by atoms with Crippen molar-refractivity contribution in [1.82, 2.24) is 19.5 Å². The zero-order chi connectivity index (χ0) is 17.8. The zero-order valence-corrected chi connectivity index (χ0v) is 14.4. The van der Waals surface area contributed by atoms with Crippen LogP contribution in [0.3, 0.4) is 0 Å². The van der Waals surface area contributed by atoms with E-state index in [0.29, 0.717) is 29.5 Å². The van der Waals surface area contributed by atoms with E-state index < -0.39 is 0 Å². The van der Waals surface area contributed by atoms with Gasteiger partial charge in [0.1, 0.15) is 0 Å². The van der Waals surface area contributed by atoms with Gasteiger partial charge in [0.2, 0.25) is 0 Å². The number of hydrogen-bond donors (Lipinski definition) is 2. The van der Waals surface area contributed by atoms with Gasteiger partial charge >= 0.3 is 5.97 Å². The maximum absolute atomic E-state index is 11.5. The predicted octanol–water partition coefficient (Wildman–Crippen LogP) is 1.82. The monoisotopic (exact) mass is 359 g/mol. The molecule has 130 valence electrons. The maximum Gasteiger partial charge on any atom is 0.316 e. The van der Waals surface area contributed by atoms with Gasteiger partial charge in [-0.3, -0.25) is 9.36 Å². The van der Waals surface area contributed by atoms with E-state index in [1.165, 1.54) is 0 Å². The molecule has 0 spiro atoms. The average molecular weight is 359 g/mol. The molecule has 0 saturated heterocycles. The third-order valence-corrected chi connectivity index (χ3v) is 4.21. The summed E-state index contributed by atoms with van der Waals surface area (Å²) in [5.41, 5.74) is 7.66. The number of thioether (sulfide) groups is 1. The van der Waals surface area contributed by atoms with Gasteiger partial charge in [0.15, 0.2) is 22.1 Å². The molecule has 0 aliphatic rings. The van der Waals surface area contributed by atoms with Crippen LogP contribution in [0.4, 0.5) is 5.82 Å².